The van der Waals surface area contributed by atoms with Crippen LogP contribution >= 0.6 is 11.6 Å². The third-order valence-electron chi connectivity index (χ3n) is 2.36. The summed E-state index contributed by atoms with van der Waals surface area (Å²) in [6.07, 6.45) is 0. The Balaban J connectivity index is 2.60. The van der Waals surface area contributed by atoms with Crippen molar-refractivity contribution in [1.29, 1.82) is 0 Å². The Labute approximate surface area is 104 Å². The van der Waals surface area contributed by atoms with Gasteiger partial charge in [-0.05, 0) is 30.7 Å². The lowest BCUT2D eigenvalue weighted by molar-refractivity contribution is 0.0690. The summed E-state index contributed by atoms with van der Waals surface area (Å²) in [4.78, 5) is 14.9. The first-order chi connectivity index (χ1) is 8.08. The first kappa shape index (κ1) is 11.6. The molecule has 0 saturated heterocycles. The van der Waals surface area contributed by atoms with Gasteiger partial charge < -0.3 is 5.11 Å². The monoisotopic (exact) mass is 247 g/mol. The third-order valence-corrected chi connectivity index (χ3v) is 2.69. The fourth-order valence-corrected chi connectivity index (χ4v) is 1.87. The molecule has 1 aromatic carbocycles. The third kappa shape index (κ3) is 2.45. The lowest BCUT2D eigenvalue weighted by atomic mass is 10.0. The summed E-state index contributed by atoms with van der Waals surface area (Å²) in [5, 5.41) is 9.55. The lowest BCUT2D eigenvalue weighted by Crippen LogP contribution is -2.01. The van der Waals surface area contributed by atoms with Crippen molar-refractivity contribution >= 4 is 17.6 Å². The molecule has 4 heteroatoms. The Bertz CT molecular complexity index is 581. The van der Waals surface area contributed by atoms with Crippen LogP contribution in [-0.2, 0) is 0 Å². The number of aromatic carboxylic acids is 1. The zero-order valence-corrected chi connectivity index (χ0v) is 9.90. The van der Waals surface area contributed by atoms with Crippen LogP contribution in [0.2, 0.25) is 5.02 Å². The van der Waals surface area contributed by atoms with Crippen LogP contribution in [-0.4, -0.2) is 16.1 Å². The van der Waals surface area contributed by atoms with Crippen molar-refractivity contribution in [1.82, 2.24) is 4.98 Å². The molecule has 0 unspecified atom stereocenters. The molecule has 17 heavy (non-hydrogen) atoms. The molecule has 0 aliphatic heterocycles. The van der Waals surface area contributed by atoms with Gasteiger partial charge in [-0.25, -0.2) is 9.78 Å². The molecule has 1 heterocycles. The molecule has 0 amide bonds. The molecule has 86 valence electrons. The smallest absolute Gasteiger partial charge is 0.354 e. The number of nitrogens with zero attached hydrogens (tertiary/aromatic N) is 1. The summed E-state index contributed by atoms with van der Waals surface area (Å²) >= 11 is 6.08. The van der Waals surface area contributed by atoms with Gasteiger partial charge in [-0.3, -0.25) is 0 Å². The van der Waals surface area contributed by atoms with Gasteiger partial charge in [0.05, 0.1) is 0 Å². The number of carbonyl (C=O) groups is 1. The van der Waals surface area contributed by atoms with E-state index < -0.39 is 5.97 Å². The summed E-state index contributed by atoms with van der Waals surface area (Å²) in [6, 6.07) is 10.6. The van der Waals surface area contributed by atoms with E-state index in [2.05, 4.69) is 4.98 Å². The van der Waals surface area contributed by atoms with Crippen molar-refractivity contribution < 1.29 is 9.90 Å². The van der Waals surface area contributed by atoms with E-state index in [0.29, 0.717) is 10.7 Å². The minimum Gasteiger partial charge on any atom is -0.477 e. The maximum Gasteiger partial charge on any atom is 0.354 e. The first-order valence-corrected chi connectivity index (χ1v) is 5.42. The highest BCUT2D eigenvalue weighted by Gasteiger charge is 2.10. The van der Waals surface area contributed by atoms with E-state index in [1.54, 1.807) is 13.0 Å². The number of rotatable bonds is 2. The Morgan fingerprint density at radius 1 is 1.29 bits per heavy atom. The summed E-state index contributed by atoms with van der Waals surface area (Å²) in [6.45, 7) is 1.76. The van der Waals surface area contributed by atoms with E-state index >= 15 is 0 Å². The standard InChI is InChI=1S/C13H10ClNO2/c1-8-6-9(7-12(15-8)13(16)17)10-4-2-3-5-11(10)14/h2-7H,1H3,(H,16,17). The summed E-state index contributed by atoms with van der Waals surface area (Å²) < 4.78 is 0. The van der Waals surface area contributed by atoms with Crippen LogP contribution in [0.25, 0.3) is 11.1 Å². The Morgan fingerprint density at radius 2 is 2.00 bits per heavy atom. The van der Waals surface area contributed by atoms with Crippen LogP contribution in [0, 0.1) is 6.92 Å². The van der Waals surface area contributed by atoms with Crippen LogP contribution in [0.1, 0.15) is 16.2 Å². The molecule has 0 saturated carbocycles. The number of carboxylic acids is 1. The highest BCUT2D eigenvalue weighted by Crippen LogP contribution is 2.28. The summed E-state index contributed by atoms with van der Waals surface area (Å²) in [5.41, 5.74) is 2.25. The van der Waals surface area contributed by atoms with Crippen molar-refractivity contribution in [3.8, 4) is 11.1 Å². The quantitative estimate of drug-likeness (QED) is 0.885. The second-order valence-corrected chi connectivity index (χ2v) is 4.07. The molecule has 0 aliphatic rings. The van der Waals surface area contributed by atoms with E-state index in [1.807, 2.05) is 24.3 Å². The number of benzene rings is 1. The predicted octanol–water partition coefficient (Wildman–Crippen LogP) is 3.41. The van der Waals surface area contributed by atoms with Crippen molar-refractivity contribution in [2.75, 3.05) is 0 Å². The van der Waals surface area contributed by atoms with Crippen LogP contribution in [0.4, 0.5) is 0 Å². The molecule has 0 radical (unpaired) electrons. The van der Waals surface area contributed by atoms with E-state index in [9.17, 15) is 4.79 Å². The second-order valence-electron chi connectivity index (χ2n) is 3.67. The second kappa shape index (κ2) is 4.55. The molecule has 2 rings (SSSR count). The summed E-state index contributed by atoms with van der Waals surface area (Å²) in [5.74, 6) is -1.04. The fourth-order valence-electron chi connectivity index (χ4n) is 1.63. The normalized spacial score (nSPS) is 10.2. The van der Waals surface area contributed by atoms with Crippen LogP contribution in [0.5, 0.6) is 0 Å². The van der Waals surface area contributed by atoms with Gasteiger partial charge in [0.2, 0.25) is 0 Å². The average molecular weight is 248 g/mol. The number of pyridine rings is 1. The molecule has 1 aromatic heterocycles. The number of hydrogen-bond donors (Lipinski definition) is 1. The SMILES string of the molecule is Cc1cc(-c2ccccc2Cl)cc(C(=O)O)n1. The largest absolute Gasteiger partial charge is 0.477 e. The van der Waals surface area contributed by atoms with Gasteiger partial charge in [-0.2, -0.15) is 0 Å². The van der Waals surface area contributed by atoms with E-state index in [4.69, 9.17) is 16.7 Å². The number of hydrogen-bond acceptors (Lipinski definition) is 2. The minimum absolute atomic E-state index is 0.0277. The van der Waals surface area contributed by atoms with Crippen LogP contribution in [0.3, 0.4) is 0 Å². The summed E-state index contributed by atoms with van der Waals surface area (Å²) in [7, 11) is 0. The molecule has 0 fully saturated rings. The molecule has 3 nitrogen and oxygen atoms in total. The first-order valence-electron chi connectivity index (χ1n) is 5.05. The van der Waals surface area contributed by atoms with Crippen LogP contribution < -0.4 is 0 Å². The highest BCUT2D eigenvalue weighted by molar-refractivity contribution is 6.33. The van der Waals surface area contributed by atoms with Gasteiger partial charge in [0.1, 0.15) is 5.69 Å². The van der Waals surface area contributed by atoms with Crippen LogP contribution in [0.15, 0.2) is 36.4 Å². The molecular formula is C13H10ClNO2. The Morgan fingerprint density at radius 3 is 2.65 bits per heavy atom. The van der Waals surface area contributed by atoms with Gasteiger partial charge in [-0.15, -0.1) is 0 Å². The Kier molecular flexibility index (Phi) is 3.11. The number of aromatic nitrogens is 1. The minimum atomic E-state index is -1.04. The number of aryl methyl sites for hydroxylation is 1. The highest BCUT2D eigenvalue weighted by atomic mass is 35.5. The molecular weight excluding hydrogens is 238 g/mol. The van der Waals surface area contributed by atoms with Gasteiger partial charge in [0.15, 0.2) is 0 Å². The molecule has 0 bridgehead atoms. The van der Waals surface area contributed by atoms with Gasteiger partial charge in [0, 0.05) is 16.3 Å². The van der Waals surface area contributed by atoms with Gasteiger partial charge in [-0.1, -0.05) is 29.8 Å². The number of carboxylic acid groups (broad SMARTS) is 1. The molecule has 0 aliphatic carbocycles. The van der Waals surface area contributed by atoms with Crippen molar-refractivity contribution in [2.24, 2.45) is 0 Å². The average Bonchev–Trinajstić information content (AvgIpc) is 2.28. The van der Waals surface area contributed by atoms with Crippen molar-refractivity contribution in [3.63, 3.8) is 0 Å². The van der Waals surface area contributed by atoms with E-state index in [1.165, 1.54) is 6.07 Å². The fraction of sp³-hybridized carbons (Fsp3) is 0.0769. The van der Waals surface area contributed by atoms with E-state index in [0.717, 1.165) is 11.1 Å². The molecule has 1 N–H and O–H groups in total. The zero-order valence-electron chi connectivity index (χ0n) is 9.14. The molecule has 2 aromatic rings. The number of halogens is 1. The zero-order chi connectivity index (χ0) is 12.4. The van der Waals surface area contributed by atoms with Crippen molar-refractivity contribution in [2.45, 2.75) is 6.92 Å². The molecule has 0 spiro atoms. The lowest BCUT2D eigenvalue weighted by Gasteiger charge is -2.06. The van der Waals surface area contributed by atoms with Gasteiger partial charge >= 0.3 is 5.97 Å². The predicted molar refractivity (Wildman–Crippen MR) is 66.4 cm³/mol. The van der Waals surface area contributed by atoms with Gasteiger partial charge in [0.25, 0.3) is 0 Å². The topological polar surface area (TPSA) is 50.2 Å². The maximum absolute atomic E-state index is 10.9. The van der Waals surface area contributed by atoms with Crippen molar-refractivity contribution in [3.05, 3.63) is 52.8 Å². The maximum atomic E-state index is 10.9. The molecule has 0 atom stereocenters. The van der Waals surface area contributed by atoms with E-state index in [-0.39, 0.29) is 5.69 Å². The Hall–Kier alpha value is -1.87.